The molecule has 33 heavy (non-hydrogen) atoms. The number of hydrazone groups is 1. The van der Waals surface area contributed by atoms with Gasteiger partial charge in [0.2, 0.25) is 0 Å². The largest absolute Gasteiger partial charge is 0.465 e. The second-order valence-corrected chi connectivity index (χ2v) is 8.86. The summed E-state index contributed by atoms with van der Waals surface area (Å²) in [6.45, 7) is 3.50. The molecule has 0 aromatic heterocycles. The van der Waals surface area contributed by atoms with Crippen molar-refractivity contribution in [1.29, 1.82) is 0 Å². The van der Waals surface area contributed by atoms with Gasteiger partial charge in [0.25, 0.3) is 5.91 Å². The second kappa shape index (κ2) is 10.4. The fraction of sp³-hybridized carbons (Fsp3) is 0.304. The molecule has 0 radical (unpaired) electrons. The van der Waals surface area contributed by atoms with Crippen LogP contribution in [0.4, 0.5) is 10.5 Å². The lowest BCUT2D eigenvalue weighted by Crippen LogP contribution is -2.45. The number of benzene rings is 2. The van der Waals surface area contributed by atoms with Crippen LogP contribution in [0.1, 0.15) is 19.4 Å². The maximum atomic E-state index is 13.1. The van der Waals surface area contributed by atoms with Gasteiger partial charge in [0, 0.05) is 9.50 Å². The van der Waals surface area contributed by atoms with E-state index in [4.69, 9.17) is 21.1 Å². The van der Waals surface area contributed by atoms with Gasteiger partial charge in [0.1, 0.15) is 12.0 Å². The standard InChI is InChI=1S/C23H23BrClN3O5/c1-4-33-21(30)23(2)14-27(26-20(23)15-5-9-17(25)10-6-15)13-19(29)28(22(31)32-3)18-11-7-16(24)8-12-18/h5-12H,4,13-14H2,1-3H3. The number of carbonyl (C=O) groups excluding carboxylic acids is 3. The summed E-state index contributed by atoms with van der Waals surface area (Å²) in [5.74, 6) is -1.01. The molecule has 0 aliphatic carbocycles. The summed E-state index contributed by atoms with van der Waals surface area (Å²) in [5, 5.41) is 6.56. The molecule has 1 heterocycles. The van der Waals surface area contributed by atoms with Crippen LogP contribution in [-0.4, -0.2) is 55.5 Å². The van der Waals surface area contributed by atoms with Crippen molar-refractivity contribution in [2.45, 2.75) is 13.8 Å². The van der Waals surface area contributed by atoms with Crippen molar-refractivity contribution < 1.29 is 23.9 Å². The van der Waals surface area contributed by atoms with E-state index in [0.717, 1.165) is 9.37 Å². The number of halogens is 2. The molecule has 2 amide bonds. The molecule has 174 valence electrons. The van der Waals surface area contributed by atoms with E-state index in [1.54, 1.807) is 62.4 Å². The normalized spacial score (nSPS) is 17.4. The molecule has 0 fully saturated rings. The van der Waals surface area contributed by atoms with Crippen LogP contribution in [0.5, 0.6) is 0 Å². The third-order valence-electron chi connectivity index (χ3n) is 5.12. The van der Waals surface area contributed by atoms with Crippen molar-refractivity contribution in [2.75, 3.05) is 31.7 Å². The Kier molecular flexibility index (Phi) is 7.76. The van der Waals surface area contributed by atoms with Gasteiger partial charge >= 0.3 is 12.1 Å². The minimum absolute atomic E-state index is 0.102. The van der Waals surface area contributed by atoms with Gasteiger partial charge in [-0.3, -0.25) is 14.6 Å². The van der Waals surface area contributed by atoms with Gasteiger partial charge < -0.3 is 9.47 Å². The Labute approximate surface area is 205 Å². The monoisotopic (exact) mass is 535 g/mol. The van der Waals surface area contributed by atoms with Gasteiger partial charge in [-0.05, 0) is 55.8 Å². The summed E-state index contributed by atoms with van der Waals surface area (Å²) in [6.07, 6.45) is -0.823. The Morgan fingerprint density at radius 2 is 1.79 bits per heavy atom. The Hall–Kier alpha value is -2.91. The van der Waals surface area contributed by atoms with Crippen LogP contribution in [0.3, 0.4) is 0 Å². The van der Waals surface area contributed by atoms with Crippen LogP contribution < -0.4 is 4.90 Å². The van der Waals surface area contributed by atoms with E-state index in [2.05, 4.69) is 21.0 Å². The molecular formula is C23H23BrClN3O5. The lowest BCUT2D eigenvalue weighted by molar-refractivity contribution is -0.150. The first-order valence-corrected chi connectivity index (χ1v) is 11.3. The van der Waals surface area contributed by atoms with Gasteiger partial charge in [-0.1, -0.05) is 39.7 Å². The SMILES string of the molecule is CCOC(=O)C1(C)CN(CC(=O)N(C(=O)OC)c2ccc(Br)cc2)N=C1c1ccc(Cl)cc1. The minimum atomic E-state index is -1.11. The molecule has 10 heteroatoms. The number of esters is 1. The number of imide groups is 1. The molecule has 0 saturated carbocycles. The summed E-state index contributed by atoms with van der Waals surface area (Å²) in [6, 6.07) is 13.6. The van der Waals surface area contributed by atoms with Crippen LogP contribution in [0.2, 0.25) is 5.02 Å². The zero-order valence-electron chi connectivity index (χ0n) is 18.4. The number of nitrogens with zero attached hydrogens (tertiary/aromatic N) is 3. The van der Waals surface area contributed by atoms with Crippen molar-refractivity contribution in [3.8, 4) is 0 Å². The zero-order valence-corrected chi connectivity index (χ0v) is 20.7. The summed E-state index contributed by atoms with van der Waals surface area (Å²) < 4.78 is 10.9. The number of hydrogen-bond donors (Lipinski definition) is 0. The number of ether oxygens (including phenoxy) is 2. The van der Waals surface area contributed by atoms with Crippen LogP contribution in [-0.2, 0) is 19.1 Å². The van der Waals surface area contributed by atoms with Gasteiger partial charge in [-0.15, -0.1) is 0 Å². The Morgan fingerprint density at radius 3 is 2.36 bits per heavy atom. The van der Waals surface area contributed by atoms with E-state index in [-0.39, 0.29) is 19.7 Å². The predicted molar refractivity (Wildman–Crippen MR) is 128 cm³/mol. The molecule has 1 aliphatic rings. The molecule has 1 unspecified atom stereocenters. The Morgan fingerprint density at radius 1 is 1.15 bits per heavy atom. The first kappa shape index (κ1) is 24.7. The molecule has 2 aromatic carbocycles. The molecule has 1 atom stereocenters. The first-order chi connectivity index (χ1) is 15.7. The highest BCUT2D eigenvalue weighted by molar-refractivity contribution is 9.10. The third-order valence-corrected chi connectivity index (χ3v) is 5.90. The molecule has 1 aliphatic heterocycles. The zero-order chi connectivity index (χ0) is 24.2. The van der Waals surface area contributed by atoms with E-state index in [1.807, 2.05) is 0 Å². The average molecular weight is 537 g/mol. The quantitative estimate of drug-likeness (QED) is 0.506. The molecule has 0 saturated heterocycles. The molecule has 0 bridgehead atoms. The van der Waals surface area contributed by atoms with Crippen molar-refractivity contribution in [3.05, 3.63) is 63.6 Å². The molecule has 3 rings (SSSR count). The number of hydrogen-bond acceptors (Lipinski definition) is 7. The van der Waals surface area contributed by atoms with Crippen LogP contribution in [0.25, 0.3) is 0 Å². The lowest BCUT2D eigenvalue weighted by atomic mass is 9.82. The Bertz CT molecular complexity index is 1070. The second-order valence-electron chi connectivity index (χ2n) is 7.51. The number of amides is 2. The maximum absolute atomic E-state index is 13.1. The predicted octanol–water partition coefficient (Wildman–Crippen LogP) is 4.49. The molecular weight excluding hydrogens is 514 g/mol. The highest BCUT2D eigenvalue weighted by Crippen LogP contribution is 2.33. The van der Waals surface area contributed by atoms with E-state index in [9.17, 15) is 14.4 Å². The maximum Gasteiger partial charge on any atom is 0.420 e. The van der Waals surface area contributed by atoms with Crippen molar-refractivity contribution >= 4 is 56.9 Å². The average Bonchev–Trinajstić information content (AvgIpc) is 3.13. The van der Waals surface area contributed by atoms with Crippen LogP contribution >= 0.6 is 27.5 Å². The van der Waals surface area contributed by atoms with Gasteiger partial charge in [-0.25, -0.2) is 9.69 Å². The number of anilines is 1. The molecule has 0 N–H and O–H groups in total. The lowest BCUT2D eigenvalue weighted by Gasteiger charge is -2.25. The fourth-order valence-corrected chi connectivity index (χ4v) is 3.90. The third kappa shape index (κ3) is 5.36. The van der Waals surface area contributed by atoms with Gasteiger partial charge in [-0.2, -0.15) is 5.10 Å². The minimum Gasteiger partial charge on any atom is -0.465 e. The molecule has 0 spiro atoms. The van der Waals surface area contributed by atoms with Crippen molar-refractivity contribution in [1.82, 2.24) is 5.01 Å². The van der Waals surface area contributed by atoms with Crippen molar-refractivity contribution in [3.63, 3.8) is 0 Å². The number of rotatable bonds is 6. The van der Waals surface area contributed by atoms with Crippen molar-refractivity contribution in [2.24, 2.45) is 10.5 Å². The Balaban J connectivity index is 1.92. The van der Waals surface area contributed by atoms with Gasteiger partial charge in [0.05, 0.1) is 31.7 Å². The van der Waals surface area contributed by atoms with E-state index < -0.39 is 23.4 Å². The molecule has 2 aromatic rings. The first-order valence-electron chi connectivity index (χ1n) is 10.1. The summed E-state index contributed by atoms with van der Waals surface area (Å²) in [4.78, 5) is 39.3. The topological polar surface area (TPSA) is 88.5 Å². The van der Waals surface area contributed by atoms with E-state index in [0.29, 0.717) is 22.0 Å². The fourth-order valence-electron chi connectivity index (χ4n) is 3.51. The van der Waals surface area contributed by atoms with Crippen LogP contribution in [0.15, 0.2) is 58.1 Å². The van der Waals surface area contributed by atoms with E-state index >= 15 is 0 Å². The highest BCUT2D eigenvalue weighted by Gasteiger charge is 2.47. The summed E-state index contributed by atoms with van der Waals surface area (Å²) in [5.41, 5.74) is 0.378. The number of carbonyl (C=O) groups is 3. The number of methoxy groups -OCH3 is 1. The van der Waals surface area contributed by atoms with E-state index in [1.165, 1.54) is 12.1 Å². The smallest absolute Gasteiger partial charge is 0.420 e. The highest BCUT2D eigenvalue weighted by atomic mass is 79.9. The van der Waals surface area contributed by atoms with Gasteiger partial charge in [0.15, 0.2) is 0 Å². The summed E-state index contributed by atoms with van der Waals surface area (Å²) in [7, 11) is 1.20. The summed E-state index contributed by atoms with van der Waals surface area (Å²) >= 11 is 9.34. The van der Waals surface area contributed by atoms with Crippen LogP contribution in [0, 0.1) is 5.41 Å². The molecule has 8 nitrogen and oxygen atoms in total.